The van der Waals surface area contributed by atoms with Crippen molar-refractivity contribution in [1.82, 2.24) is 9.80 Å². The quantitative estimate of drug-likeness (QED) is 0.123. The SMILES string of the molecule is O=C(O)CCCCCN1C(=O)C2CC=C3C(CC4(Cl)C(=O)N(CBr)C(=O)C4(Cl)C3c3cc(OC(F)(F)F)ccc3O)C2C1=O. The van der Waals surface area contributed by atoms with Crippen molar-refractivity contribution in [3.8, 4) is 11.5 Å². The van der Waals surface area contributed by atoms with Crippen molar-refractivity contribution in [3.63, 3.8) is 0 Å². The number of aromatic hydroxyl groups is 1. The second-order valence-corrected chi connectivity index (χ2v) is 13.0. The van der Waals surface area contributed by atoms with Crippen molar-refractivity contribution in [2.24, 2.45) is 17.8 Å². The minimum Gasteiger partial charge on any atom is -0.508 e. The van der Waals surface area contributed by atoms with Gasteiger partial charge in [-0.05, 0) is 49.8 Å². The molecule has 238 valence electrons. The van der Waals surface area contributed by atoms with Crippen LogP contribution in [-0.4, -0.2) is 77.7 Å². The molecule has 16 heteroatoms. The maximum atomic E-state index is 13.8. The van der Waals surface area contributed by atoms with E-state index in [1.165, 1.54) is 0 Å². The molecular weight excluding hydrogens is 700 g/mol. The van der Waals surface area contributed by atoms with E-state index in [0.717, 1.165) is 28.0 Å². The number of nitrogens with zero attached hydrogens (tertiary/aromatic N) is 2. The number of hydrogen-bond acceptors (Lipinski definition) is 7. The molecule has 2 aliphatic carbocycles. The minimum atomic E-state index is -5.09. The Hall–Kier alpha value is -2.84. The number of rotatable bonds is 9. The number of carboxylic acid groups (broad SMARTS) is 1. The van der Waals surface area contributed by atoms with Gasteiger partial charge in [0.1, 0.15) is 11.5 Å². The Bertz CT molecular complexity index is 1470. The molecule has 4 amide bonds. The molecule has 1 aromatic rings. The number of alkyl halides is 6. The number of halogens is 6. The summed E-state index contributed by atoms with van der Waals surface area (Å²) in [7, 11) is 0. The lowest BCUT2D eigenvalue weighted by atomic mass is 9.56. The number of phenolic OH excluding ortho intramolecular Hbond substituents is 1. The fraction of sp³-hybridized carbons (Fsp3) is 0.536. The zero-order valence-electron chi connectivity index (χ0n) is 22.8. The summed E-state index contributed by atoms with van der Waals surface area (Å²) >= 11 is 17.2. The predicted octanol–water partition coefficient (Wildman–Crippen LogP) is 4.65. The molecule has 2 aliphatic heterocycles. The first-order valence-electron chi connectivity index (χ1n) is 13.7. The molecule has 5 rings (SSSR count). The summed E-state index contributed by atoms with van der Waals surface area (Å²) in [5, 5.41) is 19.8. The number of likely N-dealkylation sites (tertiary alicyclic amines) is 2. The van der Waals surface area contributed by atoms with Crippen LogP contribution in [0, 0.1) is 17.8 Å². The van der Waals surface area contributed by atoms with Crippen LogP contribution in [0.15, 0.2) is 29.8 Å². The van der Waals surface area contributed by atoms with E-state index < -0.39 is 80.9 Å². The summed E-state index contributed by atoms with van der Waals surface area (Å²) in [5.41, 5.74) is -0.281. The van der Waals surface area contributed by atoms with Crippen molar-refractivity contribution >= 4 is 68.7 Å². The molecular formula is C28H26BrCl2F3N2O8. The van der Waals surface area contributed by atoms with Gasteiger partial charge in [-0.2, -0.15) is 0 Å². The van der Waals surface area contributed by atoms with Crippen molar-refractivity contribution in [1.29, 1.82) is 0 Å². The highest BCUT2D eigenvalue weighted by molar-refractivity contribution is 9.09. The lowest BCUT2D eigenvalue weighted by Crippen LogP contribution is -2.60. The van der Waals surface area contributed by atoms with E-state index in [2.05, 4.69) is 20.7 Å². The number of imide groups is 2. The first-order valence-corrected chi connectivity index (χ1v) is 15.6. The Morgan fingerprint density at radius 2 is 1.75 bits per heavy atom. The number of carbonyl (C=O) groups excluding carboxylic acids is 4. The molecule has 0 radical (unpaired) electrons. The van der Waals surface area contributed by atoms with Crippen LogP contribution in [0.4, 0.5) is 13.2 Å². The van der Waals surface area contributed by atoms with Crippen LogP contribution in [0.3, 0.4) is 0 Å². The molecule has 4 aliphatic rings. The van der Waals surface area contributed by atoms with Gasteiger partial charge in [0.2, 0.25) is 11.8 Å². The summed E-state index contributed by atoms with van der Waals surface area (Å²) < 4.78 is 43.4. The highest BCUT2D eigenvalue weighted by Gasteiger charge is 2.76. The van der Waals surface area contributed by atoms with E-state index in [9.17, 15) is 42.3 Å². The lowest BCUT2D eigenvalue weighted by molar-refractivity contribution is -0.274. The molecule has 2 N–H and O–H groups in total. The monoisotopic (exact) mass is 724 g/mol. The lowest BCUT2D eigenvalue weighted by Gasteiger charge is -2.50. The van der Waals surface area contributed by atoms with Gasteiger partial charge in [0.25, 0.3) is 11.8 Å². The Kier molecular flexibility index (Phi) is 8.51. The molecule has 3 fully saturated rings. The Morgan fingerprint density at radius 3 is 2.39 bits per heavy atom. The maximum absolute atomic E-state index is 13.8. The van der Waals surface area contributed by atoms with E-state index in [1.807, 2.05) is 0 Å². The summed E-state index contributed by atoms with van der Waals surface area (Å²) in [4.78, 5) is 62.7. The number of hydrogen-bond donors (Lipinski definition) is 2. The number of allylic oxidation sites excluding steroid dienone is 2. The highest BCUT2D eigenvalue weighted by Crippen LogP contribution is 2.66. The van der Waals surface area contributed by atoms with Gasteiger partial charge in [0.15, 0.2) is 9.75 Å². The number of aliphatic carboxylic acids is 1. The molecule has 0 bridgehead atoms. The molecule has 0 aromatic heterocycles. The molecule has 6 unspecified atom stereocenters. The summed E-state index contributed by atoms with van der Waals surface area (Å²) in [6, 6.07) is 2.67. The standard InChI is InChI=1S/C28H26BrCl2F3N2O8/c29-12-36-24(42)26(30)11-17-14(6-7-15-20(17)23(41)35(22(15)40)9-3-1-2-4-19(38)39)21(27(26,31)25(36)43)16-10-13(5-8-18(16)37)44-28(32,33)34/h5-6,8,10,15,17,20-21,37H,1-4,7,9,11-12H2,(H,38,39). The average Bonchev–Trinajstić information content (AvgIpc) is 3.26. The Morgan fingerprint density at radius 1 is 1.05 bits per heavy atom. The second kappa shape index (κ2) is 11.5. The van der Waals surface area contributed by atoms with Crippen LogP contribution in [0.5, 0.6) is 11.5 Å². The fourth-order valence-corrected chi connectivity index (χ4v) is 8.49. The highest BCUT2D eigenvalue weighted by atomic mass is 79.9. The normalized spacial score (nSPS) is 31.5. The van der Waals surface area contributed by atoms with E-state index in [4.69, 9.17) is 28.3 Å². The largest absolute Gasteiger partial charge is 0.573 e. The van der Waals surface area contributed by atoms with Gasteiger partial charge in [-0.15, -0.1) is 36.4 Å². The predicted molar refractivity (Wildman–Crippen MR) is 151 cm³/mol. The number of carboxylic acids is 1. The summed E-state index contributed by atoms with van der Waals surface area (Å²) in [5.74, 6) is -9.32. The molecule has 2 heterocycles. The van der Waals surface area contributed by atoms with Gasteiger partial charge in [0, 0.05) is 24.4 Å². The van der Waals surface area contributed by atoms with Gasteiger partial charge < -0.3 is 14.9 Å². The first-order chi connectivity index (χ1) is 20.6. The van der Waals surface area contributed by atoms with E-state index in [-0.39, 0.29) is 36.8 Å². The molecule has 1 aromatic carbocycles. The second-order valence-electron chi connectivity index (χ2n) is 11.3. The van der Waals surface area contributed by atoms with Crippen LogP contribution in [0.25, 0.3) is 0 Å². The number of ether oxygens (including phenoxy) is 1. The molecule has 0 spiro atoms. The topological polar surface area (TPSA) is 142 Å². The zero-order valence-corrected chi connectivity index (χ0v) is 25.9. The van der Waals surface area contributed by atoms with Crippen molar-refractivity contribution < 1.29 is 52.1 Å². The maximum Gasteiger partial charge on any atom is 0.573 e. The molecule has 1 saturated carbocycles. The summed E-state index contributed by atoms with van der Waals surface area (Å²) in [6.45, 7) is 0.0492. The van der Waals surface area contributed by atoms with Gasteiger partial charge >= 0.3 is 12.3 Å². The average molecular weight is 726 g/mol. The van der Waals surface area contributed by atoms with Crippen LogP contribution < -0.4 is 4.74 Å². The third kappa shape index (κ3) is 5.06. The number of carbonyl (C=O) groups is 5. The van der Waals surface area contributed by atoms with Crippen LogP contribution >= 0.6 is 39.1 Å². The van der Waals surface area contributed by atoms with Crippen molar-refractivity contribution in [3.05, 3.63) is 35.4 Å². The number of fused-ring (bicyclic) bond motifs is 4. The molecule has 10 nitrogen and oxygen atoms in total. The van der Waals surface area contributed by atoms with Gasteiger partial charge in [-0.3, -0.25) is 33.8 Å². The number of unbranched alkanes of at least 4 members (excludes halogenated alkanes) is 2. The van der Waals surface area contributed by atoms with Crippen LogP contribution in [-0.2, 0) is 24.0 Å². The van der Waals surface area contributed by atoms with Gasteiger partial charge in [-0.25, -0.2) is 0 Å². The zero-order chi connectivity index (χ0) is 32.4. The van der Waals surface area contributed by atoms with Crippen LogP contribution in [0.1, 0.15) is 50.0 Å². The Labute approximate surface area is 267 Å². The third-order valence-electron chi connectivity index (χ3n) is 8.92. The first kappa shape index (κ1) is 32.6. The van der Waals surface area contributed by atoms with E-state index in [0.29, 0.717) is 24.8 Å². The number of amides is 4. The summed E-state index contributed by atoms with van der Waals surface area (Å²) in [6.07, 6.45) is -2.67. The molecule has 2 saturated heterocycles. The number of benzene rings is 1. The molecule has 6 atom stereocenters. The Balaban J connectivity index is 1.58. The van der Waals surface area contributed by atoms with Gasteiger partial charge in [0.05, 0.1) is 17.3 Å². The van der Waals surface area contributed by atoms with Crippen molar-refractivity contribution in [2.75, 3.05) is 12.0 Å². The number of phenols is 1. The molecule has 44 heavy (non-hydrogen) atoms. The van der Waals surface area contributed by atoms with Crippen LogP contribution in [0.2, 0.25) is 0 Å². The smallest absolute Gasteiger partial charge is 0.508 e. The third-order valence-corrected chi connectivity index (χ3v) is 10.8. The van der Waals surface area contributed by atoms with Crippen molar-refractivity contribution in [2.45, 2.75) is 60.6 Å². The minimum absolute atomic E-state index is 0.0269. The van der Waals surface area contributed by atoms with Gasteiger partial charge in [-0.1, -0.05) is 34.0 Å². The van der Waals surface area contributed by atoms with E-state index >= 15 is 0 Å². The fourth-order valence-electron chi connectivity index (χ4n) is 7.07. The van der Waals surface area contributed by atoms with E-state index in [1.54, 1.807) is 6.08 Å².